The molecule has 4 heteroatoms. The number of piperazine rings is 1. The van der Waals surface area contributed by atoms with Gasteiger partial charge in [-0.3, -0.25) is 0 Å². The van der Waals surface area contributed by atoms with E-state index in [-0.39, 0.29) is 0 Å². The first-order valence-electron chi connectivity index (χ1n) is 13.3. The minimum atomic E-state index is 0.924. The summed E-state index contributed by atoms with van der Waals surface area (Å²) in [6.45, 7) is 24.9. The van der Waals surface area contributed by atoms with Gasteiger partial charge in [-0.15, -0.1) is 0 Å². The van der Waals surface area contributed by atoms with Crippen LogP contribution in [-0.4, -0.2) is 67.6 Å². The Morgan fingerprint density at radius 2 is 1.39 bits per heavy atom. The lowest BCUT2D eigenvalue weighted by atomic mass is 9.92. The van der Waals surface area contributed by atoms with Gasteiger partial charge in [-0.05, 0) is 57.3 Å². The fourth-order valence-electron chi connectivity index (χ4n) is 3.67. The van der Waals surface area contributed by atoms with Gasteiger partial charge in [0.15, 0.2) is 0 Å². The second-order valence-corrected chi connectivity index (χ2v) is 7.61. The summed E-state index contributed by atoms with van der Waals surface area (Å²) in [5.41, 5.74) is 0. The van der Waals surface area contributed by atoms with Crippen LogP contribution in [0.15, 0.2) is 24.4 Å². The zero-order valence-corrected chi connectivity index (χ0v) is 22.7. The SMILES string of the molecule is CC.CC.CC.CCC.CN1CCN(CCCC2CCN(c3ccccn3)CC2)CC1. The van der Waals surface area contributed by atoms with Crippen LogP contribution in [-0.2, 0) is 0 Å². The Morgan fingerprint density at radius 3 is 1.87 bits per heavy atom. The van der Waals surface area contributed by atoms with Gasteiger partial charge in [0.05, 0.1) is 0 Å². The van der Waals surface area contributed by atoms with Crippen LogP contribution in [0.1, 0.15) is 87.5 Å². The molecule has 4 nitrogen and oxygen atoms in total. The first kappa shape index (κ1) is 32.1. The Hall–Kier alpha value is -1.13. The summed E-state index contributed by atoms with van der Waals surface area (Å²) in [7, 11) is 2.23. The Bertz CT molecular complexity index is 436. The summed E-state index contributed by atoms with van der Waals surface area (Å²) >= 11 is 0. The van der Waals surface area contributed by atoms with Crippen LogP contribution in [0.5, 0.6) is 0 Å². The third-order valence-corrected chi connectivity index (χ3v) is 5.27. The molecule has 31 heavy (non-hydrogen) atoms. The van der Waals surface area contributed by atoms with Gasteiger partial charge in [0.1, 0.15) is 5.82 Å². The monoisotopic (exact) mass is 436 g/mol. The molecule has 0 amide bonds. The van der Waals surface area contributed by atoms with E-state index >= 15 is 0 Å². The van der Waals surface area contributed by atoms with Crippen molar-refractivity contribution in [3.05, 3.63) is 24.4 Å². The topological polar surface area (TPSA) is 22.6 Å². The molecule has 1 aromatic heterocycles. The van der Waals surface area contributed by atoms with E-state index in [1.165, 1.54) is 77.9 Å². The minimum absolute atomic E-state index is 0.924. The molecular formula is C27H56N4. The lowest BCUT2D eigenvalue weighted by molar-refractivity contribution is 0.149. The smallest absolute Gasteiger partial charge is 0.128 e. The number of hydrogen-bond acceptors (Lipinski definition) is 4. The number of nitrogens with zero attached hydrogens (tertiary/aromatic N) is 4. The van der Waals surface area contributed by atoms with Crippen molar-refractivity contribution in [2.75, 3.05) is 57.8 Å². The van der Waals surface area contributed by atoms with Crippen molar-refractivity contribution in [2.24, 2.45) is 5.92 Å². The normalized spacial score (nSPS) is 16.9. The van der Waals surface area contributed by atoms with E-state index in [2.05, 4.69) is 52.7 Å². The molecule has 3 rings (SSSR count). The van der Waals surface area contributed by atoms with Crippen molar-refractivity contribution in [1.29, 1.82) is 0 Å². The maximum atomic E-state index is 4.47. The number of rotatable bonds is 5. The number of piperidine rings is 1. The van der Waals surface area contributed by atoms with Crippen LogP contribution in [0.3, 0.4) is 0 Å². The Morgan fingerprint density at radius 1 is 0.839 bits per heavy atom. The molecule has 0 radical (unpaired) electrons. The molecule has 0 unspecified atom stereocenters. The number of likely N-dealkylation sites (N-methyl/N-ethyl adjacent to an activating group) is 1. The highest BCUT2D eigenvalue weighted by molar-refractivity contribution is 5.37. The Labute approximate surface area is 196 Å². The molecule has 0 atom stereocenters. The van der Waals surface area contributed by atoms with Crippen molar-refractivity contribution in [1.82, 2.24) is 14.8 Å². The Balaban J connectivity index is 0. The van der Waals surface area contributed by atoms with Gasteiger partial charge in [0.2, 0.25) is 0 Å². The lowest BCUT2D eigenvalue weighted by Crippen LogP contribution is -2.44. The van der Waals surface area contributed by atoms with Crippen molar-refractivity contribution in [3.8, 4) is 0 Å². The summed E-state index contributed by atoms with van der Waals surface area (Å²) in [5.74, 6) is 2.07. The third kappa shape index (κ3) is 15.3. The van der Waals surface area contributed by atoms with Gasteiger partial charge in [-0.25, -0.2) is 4.98 Å². The van der Waals surface area contributed by atoms with Crippen LogP contribution >= 0.6 is 0 Å². The molecule has 3 heterocycles. The van der Waals surface area contributed by atoms with Gasteiger partial charge in [0.25, 0.3) is 0 Å². The van der Waals surface area contributed by atoms with Gasteiger partial charge in [0, 0.05) is 45.5 Å². The average Bonchev–Trinajstić information content (AvgIpc) is 2.86. The van der Waals surface area contributed by atoms with Crippen molar-refractivity contribution in [2.45, 2.75) is 87.5 Å². The highest BCUT2D eigenvalue weighted by atomic mass is 15.2. The molecule has 2 aliphatic rings. The van der Waals surface area contributed by atoms with Crippen molar-refractivity contribution < 1.29 is 0 Å². The molecule has 2 saturated heterocycles. The quantitative estimate of drug-likeness (QED) is 0.505. The molecule has 1 aromatic rings. The summed E-state index contributed by atoms with van der Waals surface area (Å²) in [4.78, 5) is 12.0. The van der Waals surface area contributed by atoms with Crippen LogP contribution in [0, 0.1) is 5.92 Å². The molecule has 0 bridgehead atoms. The van der Waals surface area contributed by atoms with E-state index < -0.39 is 0 Å². The van der Waals surface area contributed by atoms with Gasteiger partial charge in [-0.1, -0.05) is 67.9 Å². The van der Waals surface area contributed by atoms with Crippen LogP contribution < -0.4 is 4.90 Å². The van der Waals surface area contributed by atoms with E-state index in [4.69, 9.17) is 0 Å². The highest BCUT2D eigenvalue weighted by Gasteiger charge is 2.20. The number of aromatic nitrogens is 1. The molecule has 0 aliphatic carbocycles. The maximum Gasteiger partial charge on any atom is 0.128 e. The predicted molar refractivity (Wildman–Crippen MR) is 142 cm³/mol. The summed E-state index contributed by atoms with van der Waals surface area (Å²) in [6, 6.07) is 6.22. The molecule has 0 aromatic carbocycles. The second-order valence-electron chi connectivity index (χ2n) is 7.61. The average molecular weight is 437 g/mol. The first-order valence-corrected chi connectivity index (χ1v) is 13.3. The van der Waals surface area contributed by atoms with Crippen molar-refractivity contribution >= 4 is 5.82 Å². The zero-order chi connectivity index (χ0) is 23.9. The molecule has 184 valence electrons. The predicted octanol–water partition coefficient (Wildman–Crippen LogP) is 6.82. The molecule has 2 fully saturated rings. The van der Waals surface area contributed by atoms with Gasteiger partial charge >= 0.3 is 0 Å². The molecule has 2 aliphatic heterocycles. The number of anilines is 1. The van der Waals surface area contributed by atoms with Crippen LogP contribution in [0.2, 0.25) is 0 Å². The van der Waals surface area contributed by atoms with E-state index in [1.807, 2.05) is 53.8 Å². The standard InChI is InChI=1S/C18H30N4.C3H8.3C2H6/c1-20-13-15-21(16-14-20)10-4-5-17-7-11-22(12-8-17)18-6-2-3-9-19-18;1-3-2;3*1-2/h2-3,6,9,17H,4-5,7-8,10-16H2,1H3;3H2,1-2H3;3*1-2H3. The minimum Gasteiger partial charge on any atom is -0.357 e. The zero-order valence-electron chi connectivity index (χ0n) is 22.7. The Kier molecular flexibility index (Phi) is 24.3. The lowest BCUT2D eigenvalue weighted by Gasteiger charge is -2.34. The van der Waals surface area contributed by atoms with Crippen LogP contribution in [0.4, 0.5) is 5.82 Å². The fourth-order valence-corrected chi connectivity index (χ4v) is 3.67. The highest BCUT2D eigenvalue weighted by Crippen LogP contribution is 2.24. The van der Waals surface area contributed by atoms with E-state index in [9.17, 15) is 0 Å². The fraction of sp³-hybridized carbons (Fsp3) is 0.815. The molecular weight excluding hydrogens is 380 g/mol. The van der Waals surface area contributed by atoms with Crippen molar-refractivity contribution in [3.63, 3.8) is 0 Å². The molecule has 0 N–H and O–H groups in total. The molecule has 0 spiro atoms. The number of hydrogen-bond donors (Lipinski definition) is 0. The summed E-state index contributed by atoms with van der Waals surface area (Å²) < 4.78 is 0. The van der Waals surface area contributed by atoms with E-state index in [0.29, 0.717) is 0 Å². The second kappa shape index (κ2) is 23.5. The summed E-state index contributed by atoms with van der Waals surface area (Å²) in [6.07, 6.45) is 8.59. The maximum absolute atomic E-state index is 4.47. The van der Waals surface area contributed by atoms with E-state index in [1.54, 1.807) is 0 Å². The van der Waals surface area contributed by atoms with E-state index in [0.717, 1.165) is 11.7 Å². The first-order chi connectivity index (χ1) is 15.2. The van der Waals surface area contributed by atoms with Crippen LogP contribution in [0.25, 0.3) is 0 Å². The van der Waals surface area contributed by atoms with Gasteiger partial charge < -0.3 is 14.7 Å². The number of pyridine rings is 1. The van der Waals surface area contributed by atoms with Gasteiger partial charge in [-0.2, -0.15) is 0 Å². The third-order valence-electron chi connectivity index (χ3n) is 5.27. The molecule has 0 saturated carbocycles. The largest absolute Gasteiger partial charge is 0.357 e. The summed E-state index contributed by atoms with van der Waals surface area (Å²) in [5, 5.41) is 0.